The van der Waals surface area contributed by atoms with Gasteiger partial charge in [-0.25, -0.2) is 0 Å². The van der Waals surface area contributed by atoms with Crippen molar-refractivity contribution in [1.29, 1.82) is 0 Å². The summed E-state index contributed by atoms with van der Waals surface area (Å²) in [6.45, 7) is -1.97. The molecule has 0 spiro atoms. The van der Waals surface area contributed by atoms with E-state index in [-0.39, 0.29) is 0 Å². The molecule has 0 aromatic heterocycles. The molecule has 0 aliphatic carbocycles. The first-order valence-corrected chi connectivity index (χ1v) is 3.62. The molecule has 1 unspecified atom stereocenters. The SMILES string of the molecule is [2H]C([2H])([2H])C(Br)c1ccccc1. The first-order chi connectivity index (χ1) is 5.52. The van der Waals surface area contributed by atoms with Gasteiger partial charge in [-0.2, -0.15) is 0 Å². The fourth-order valence-corrected chi connectivity index (χ4v) is 0.927. The average Bonchev–Trinajstić information content (AvgIpc) is 2.03. The van der Waals surface area contributed by atoms with E-state index < -0.39 is 11.7 Å². The van der Waals surface area contributed by atoms with Gasteiger partial charge in [-0.3, -0.25) is 0 Å². The highest BCUT2D eigenvalue weighted by atomic mass is 79.9. The van der Waals surface area contributed by atoms with Crippen LogP contribution in [0.25, 0.3) is 0 Å². The van der Waals surface area contributed by atoms with Gasteiger partial charge in [0.25, 0.3) is 0 Å². The zero-order valence-electron chi connectivity index (χ0n) is 7.84. The van der Waals surface area contributed by atoms with Crippen LogP contribution in [0.15, 0.2) is 30.3 Å². The zero-order valence-corrected chi connectivity index (χ0v) is 6.43. The molecule has 0 aliphatic rings. The van der Waals surface area contributed by atoms with E-state index in [1.807, 2.05) is 18.2 Å². The molecular weight excluding hydrogens is 176 g/mol. The summed E-state index contributed by atoms with van der Waals surface area (Å²) in [6.07, 6.45) is 0. The molecular formula is C8H9Br. The minimum absolute atomic E-state index is 0.564. The van der Waals surface area contributed by atoms with Crippen molar-refractivity contribution in [3.63, 3.8) is 0 Å². The molecule has 1 aromatic rings. The largest absolute Gasteiger partial charge is 0.0842 e. The summed E-state index contributed by atoms with van der Waals surface area (Å²) >= 11 is 3.14. The van der Waals surface area contributed by atoms with Crippen LogP contribution in [0.2, 0.25) is 0 Å². The quantitative estimate of drug-likeness (QED) is 0.594. The molecule has 1 aromatic carbocycles. The third-order valence-electron chi connectivity index (χ3n) is 1.09. The van der Waals surface area contributed by atoms with E-state index in [1.54, 1.807) is 12.1 Å². The van der Waals surface area contributed by atoms with Crippen molar-refractivity contribution in [3.8, 4) is 0 Å². The summed E-state index contributed by atoms with van der Waals surface area (Å²) in [5, 5.41) is 0. The van der Waals surface area contributed by atoms with Crippen molar-refractivity contribution in [2.75, 3.05) is 0 Å². The van der Waals surface area contributed by atoms with Gasteiger partial charge in [-0.15, -0.1) is 0 Å². The molecule has 0 radical (unpaired) electrons. The lowest BCUT2D eigenvalue weighted by Crippen LogP contribution is -1.79. The number of alkyl halides is 1. The molecule has 0 amide bonds. The predicted octanol–water partition coefficient (Wildman–Crippen LogP) is 3.14. The number of hydrogen-bond acceptors (Lipinski definition) is 0. The van der Waals surface area contributed by atoms with Crippen LogP contribution in [0.3, 0.4) is 0 Å². The molecule has 48 valence electrons. The Hall–Kier alpha value is -0.300. The first kappa shape index (κ1) is 3.77. The lowest BCUT2D eigenvalue weighted by Gasteiger charge is -1.99. The standard InChI is InChI=1S/C8H9Br/c1-7(9)8-5-3-2-4-6-8/h2-7H,1H3/i1D3. The number of rotatable bonds is 1. The van der Waals surface area contributed by atoms with Crippen LogP contribution in [-0.2, 0) is 0 Å². The molecule has 0 aliphatic heterocycles. The maximum Gasteiger partial charge on any atom is 0.0367 e. The second-order valence-corrected chi connectivity index (χ2v) is 2.69. The van der Waals surface area contributed by atoms with Crippen LogP contribution in [0.4, 0.5) is 0 Å². The van der Waals surface area contributed by atoms with Crippen molar-refractivity contribution >= 4 is 15.9 Å². The van der Waals surface area contributed by atoms with Gasteiger partial charge in [0.1, 0.15) is 0 Å². The summed E-state index contributed by atoms with van der Waals surface area (Å²) in [6, 6.07) is 9.12. The monoisotopic (exact) mass is 187 g/mol. The second kappa shape index (κ2) is 3.02. The summed E-state index contributed by atoms with van der Waals surface area (Å²) < 4.78 is 21.5. The van der Waals surface area contributed by atoms with Gasteiger partial charge in [-0.05, 0) is 12.4 Å². The Kier molecular flexibility index (Phi) is 1.26. The van der Waals surface area contributed by atoms with Crippen LogP contribution < -0.4 is 0 Å². The molecule has 0 N–H and O–H groups in total. The molecule has 0 bridgehead atoms. The van der Waals surface area contributed by atoms with Crippen LogP contribution in [0.1, 0.15) is 21.4 Å². The van der Waals surface area contributed by atoms with Gasteiger partial charge >= 0.3 is 0 Å². The van der Waals surface area contributed by atoms with Gasteiger partial charge < -0.3 is 0 Å². The minimum atomic E-state index is -1.97. The van der Waals surface area contributed by atoms with Crippen LogP contribution in [0.5, 0.6) is 0 Å². The van der Waals surface area contributed by atoms with Crippen molar-refractivity contribution in [1.82, 2.24) is 0 Å². The summed E-state index contributed by atoms with van der Waals surface area (Å²) in [5.41, 5.74) is 0.789. The highest BCUT2D eigenvalue weighted by Crippen LogP contribution is 2.19. The lowest BCUT2D eigenvalue weighted by atomic mass is 10.2. The molecule has 0 saturated heterocycles. The first-order valence-electron chi connectivity index (χ1n) is 4.21. The second-order valence-electron chi connectivity index (χ2n) is 1.77. The van der Waals surface area contributed by atoms with E-state index in [9.17, 15) is 0 Å². The van der Waals surface area contributed by atoms with Gasteiger partial charge in [0, 0.05) is 8.94 Å². The van der Waals surface area contributed by atoms with Gasteiger partial charge in [-0.1, -0.05) is 46.3 Å². The Morgan fingerprint density at radius 1 is 1.44 bits per heavy atom. The molecule has 1 atom stereocenters. The van der Waals surface area contributed by atoms with Crippen molar-refractivity contribution < 1.29 is 4.11 Å². The van der Waals surface area contributed by atoms with Crippen molar-refractivity contribution in [2.24, 2.45) is 0 Å². The fraction of sp³-hybridized carbons (Fsp3) is 0.250. The Balaban J connectivity index is 2.86. The molecule has 0 saturated carbocycles. The molecule has 1 rings (SSSR count). The summed E-state index contributed by atoms with van der Waals surface area (Å²) in [4.78, 5) is -0.564. The smallest absolute Gasteiger partial charge is 0.0367 e. The predicted molar refractivity (Wildman–Crippen MR) is 43.8 cm³/mol. The molecule has 0 nitrogen and oxygen atoms in total. The van der Waals surface area contributed by atoms with Crippen LogP contribution >= 0.6 is 15.9 Å². The van der Waals surface area contributed by atoms with Crippen molar-refractivity contribution in [3.05, 3.63) is 35.9 Å². The van der Waals surface area contributed by atoms with Gasteiger partial charge in [0.05, 0.1) is 0 Å². The van der Waals surface area contributed by atoms with E-state index in [2.05, 4.69) is 15.9 Å². The topological polar surface area (TPSA) is 0 Å². The van der Waals surface area contributed by atoms with Gasteiger partial charge in [0.2, 0.25) is 0 Å². The molecule has 1 heteroatoms. The highest BCUT2D eigenvalue weighted by Gasteiger charge is 1.95. The summed E-state index contributed by atoms with van der Waals surface area (Å²) in [5.74, 6) is 0. The van der Waals surface area contributed by atoms with E-state index in [0.717, 1.165) is 5.56 Å². The van der Waals surface area contributed by atoms with Gasteiger partial charge in [0.15, 0.2) is 0 Å². The third kappa shape index (κ3) is 1.83. The Morgan fingerprint density at radius 3 is 2.67 bits per heavy atom. The number of hydrogen-bond donors (Lipinski definition) is 0. The Labute approximate surface area is 68.2 Å². The third-order valence-corrected chi connectivity index (χ3v) is 1.62. The minimum Gasteiger partial charge on any atom is -0.0842 e. The molecule has 0 fully saturated rings. The fourth-order valence-electron chi connectivity index (χ4n) is 0.622. The zero-order chi connectivity index (χ0) is 9.19. The Morgan fingerprint density at radius 2 is 2.11 bits per heavy atom. The molecule has 0 heterocycles. The normalized spacial score (nSPS) is 19.4. The highest BCUT2D eigenvalue weighted by molar-refractivity contribution is 9.09. The Bertz CT molecular complexity index is 242. The van der Waals surface area contributed by atoms with E-state index >= 15 is 0 Å². The van der Waals surface area contributed by atoms with E-state index in [4.69, 9.17) is 4.11 Å². The van der Waals surface area contributed by atoms with Crippen LogP contribution in [0, 0.1) is 0 Å². The maximum atomic E-state index is 7.16. The van der Waals surface area contributed by atoms with E-state index in [0.29, 0.717) is 0 Å². The average molecular weight is 188 g/mol. The molecule has 9 heavy (non-hydrogen) atoms. The summed E-state index contributed by atoms with van der Waals surface area (Å²) in [7, 11) is 0. The van der Waals surface area contributed by atoms with E-state index in [1.165, 1.54) is 0 Å². The van der Waals surface area contributed by atoms with Crippen LogP contribution in [-0.4, -0.2) is 0 Å². The van der Waals surface area contributed by atoms with Crippen molar-refractivity contribution in [2.45, 2.75) is 11.7 Å². The lowest BCUT2D eigenvalue weighted by molar-refractivity contribution is 1.12. The number of benzene rings is 1. The maximum absolute atomic E-state index is 7.16. The number of halogens is 1.